The number of hydrogen-bond donors (Lipinski definition) is 0. The zero-order valence-corrected chi connectivity index (χ0v) is 24.3. The standard InChI is InChI=1S/C39H28BNO2/c1-23-10-6-13-27(20-23)41-32-18-5-4-14-29(32)36-28(15-9-19-33(36)41)26-21-34-37-35(22-26)43-39-25(3)12-8-17-31(39)40(37)30-16-7-11-24(2)38(30)42-34/h4-22H,1-3H3. The van der Waals surface area contributed by atoms with Crippen LogP contribution in [0.15, 0.2) is 115 Å². The van der Waals surface area contributed by atoms with E-state index >= 15 is 0 Å². The average Bonchev–Trinajstić information content (AvgIpc) is 3.36. The van der Waals surface area contributed by atoms with Gasteiger partial charge in [0.1, 0.15) is 23.0 Å². The minimum absolute atomic E-state index is 0.0605. The summed E-state index contributed by atoms with van der Waals surface area (Å²) in [5.41, 5.74) is 12.8. The van der Waals surface area contributed by atoms with Crippen LogP contribution in [0.1, 0.15) is 16.7 Å². The quantitative estimate of drug-likeness (QED) is 0.202. The molecule has 0 unspecified atom stereocenters. The van der Waals surface area contributed by atoms with Crippen LogP contribution in [0.5, 0.6) is 23.0 Å². The van der Waals surface area contributed by atoms with Gasteiger partial charge in [0.2, 0.25) is 0 Å². The summed E-state index contributed by atoms with van der Waals surface area (Å²) in [6, 6.07) is 41.4. The fraction of sp³-hybridized carbons (Fsp3) is 0.0769. The van der Waals surface area contributed by atoms with E-state index in [0.717, 1.165) is 56.4 Å². The lowest BCUT2D eigenvalue weighted by atomic mass is 9.34. The summed E-state index contributed by atoms with van der Waals surface area (Å²) < 4.78 is 15.9. The maximum Gasteiger partial charge on any atom is 0.260 e. The number of ether oxygens (including phenoxy) is 2. The number of aromatic nitrogens is 1. The molecule has 3 nitrogen and oxygen atoms in total. The molecule has 43 heavy (non-hydrogen) atoms. The SMILES string of the molecule is Cc1cccc(-n2c3ccccc3c3c(-c4cc5c6c(c4)Oc4c(C)cccc4B6c4cccc(C)c4O5)cccc32)c1. The third kappa shape index (κ3) is 3.44. The Morgan fingerprint density at radius 1 is 0.581 bits per heavy atom. The Morgan fingerprint density at radius 2 is 1.21 bits per heavy atom. The van der Waals surface area contributed by atoms with Crippen molar-refractivity contribution in [1.82, 2.24) is 4.57 Å². The van der Waals surface area contributed by atoms with E-state index in [-0.39, 0.29) is 6.71 Å². The molecule has 1 aromatic heterocycles. The predicted octanol–water partition coefficient (Wildman–Crippen LogP) is 8.10. The molecular weight excluding hydrogens is 525 g/mol. The van der Waals surface area contributed by atoms with Gasteiger partial charge in [-0.2, -0.15) is 0 Å². The molecule has 0 N–H and O–H groups in total. The number of fused-ring (bicyclic) bond motifs is 7. The van der Waals surface area contributed by atoms with Gasteiger partial charge in [-0.1, -0.05) is 78.9 Å². The highest BCUT2D eigenvalue weighted by Crippen LogP contribution is 2.43. The van der Waals surface area contributed by atoms with Gasteiger partial charge in [-0.15, -0.1) is 0 Å². The molecule has 204 valence electrons. The number of hydrogen-bond acceptors (Lipinski definition) is 2. The average molecular weight is 553 g/mol. The summed E-state index contributed by atoms with van der Waals surface area (Å²) >= 11 is 0. The van der Waals surface area contributed by atoms with Gasteiger partial charge in [-0.3, -0.25) is 0 Å². The van der Waals surface area contributed by atoms with Gasteiger partial charge >= 0.3 is 0 Å². The third-order valence-corrected chi connectivity index (χ3v) is 9.19. The van der Waals surface area contributed by atoms with Crippen LogP contribution >= 0.6 is 0 Å². The smallest absolute Gasteiger partial charge is 0.260 e. The van der Waals surface area contributed by atoms with Crippen molar-refractivity contribution in [3.8, 4) is 39.8 Å². The van der Waals surface area contributed by atoms with E-state index in [1.165, 1.54) is 38.3 Å². The van der Waals surface area contributed by atoms with Crippen LogP contribution in [0.25, 0.3) is 38.6 Å². The first-order valence-corrected chi connectivity index (χ1v) is 14.9. The van der Waals surface area contributed by atoms with Crippen LogP contribution in [-0.2, 0) is 0 Å². The molecule has 2 aliphatic heterocycles. The van der Waals surface area contributed by atoms with E-state index in [2.05, 4.69) is 141 Å². The van der Waals surface area contributed by atoms with Crippen molar-refractivity contribution in [2.45, 2.75) is 20.8 Å². The lowest BCUT2D eigenvalue weighted by Gasteiger charge is -2.34. The number of para-hydroxylation sites is 3. The maximum absolute atomic E-state index is 6.76. The Hall–Kier alpha value is -5.22. The molecule has 2 aliphatic rings. The van der Waals surface area contributed by atoms with Crippen molar-refractivity contribution in [3.05, 3.63) is 132 Å². The Balaban J connectivity index is 1.33. The fourth-order valence-corrected chi connectivity index (χ4v) is 7.30. The molecule has 0 saturated heterocycles. The topological polar surface area (TPSA) is 23.4 Å². The molecule has 3 heterocycles. The lowest BCUT2D eigenvalue weighted by Crippen LogP contribution is -2.57. The van der Waals surface area contributed by atoms with Gasteiger partial charge in [0, 0.05) is 21.9 Å². The molecule has 6 aromatic carbocycles. The van der Waals surface area contributed by atoms with Gasteiger partial charge in [0.25, 0.3) is 6.71 Å². The first-order chi connectivity index (χ1) is 21.1. The van der Waals surface area contributed by atoms with Crippen LogP contribution in [0.4, 0.5) is 0 Å². The minimum Gasteiger partial charge on any atom is -0.458 e. The molecule has 0 saturated carbocycles. The largest absolute Gasteiger partial charge is 0.458 e. The molecule has 0 radical (unpaired) electrons. The fourth-order valence-electron chi connectivity index (χ4n) is 7.30. The summed E-state index contributed by atoms with van der Waals surface area (Å²) in [5, 5.41) is 2.45. The van der Waals surface area contributed by atoms with E-state index < -0.39 is 0 Å². The second-order valence-electron chi connectivity index (χ2n) is 11.9. The van der Waals surface area contributed by atoms with Gasteiger partial charge in [-0.05, 0) is 95.9 Å². The Morgan fingerprint density at radius 3 is 1.91 bits per heavy atom. The second-order valence-corrected chi connectivity index (χ2v) is 11.9. The highest BCUT2D eigenvalue weighted by molar-refractivity contribution is 6.98. The molecule has 0 aliphatic carbocycles. The van der Waals surface area contributed by atoms with Crippen molar-refractivity contribution < 1.29 is 9.47 Å². The van der Waals surface area contributed by atoms with Gasteiger partial charge in [-0.25, -0.2) is 0 Å². The molecule has 0 bridgehead atoms. The molecule has 0 amide bonds. The van der Waals surface area contributed by atoms with Gasteiger partial charge < -0.3 is 14.0 Å². The van der Waals surface area contributed by atoms with Crippen molar-refractivity contribution in [3.63, 3.8) is 0 Å². The third-order valence-electron chi connectivity index (χ3n) is 9.19. The van der Waals surface area contributed by atoms with Crippen molar-refractivity contribution >= 4 is 44.9 Å². The first-order valence-electron chi connectivity index (χ1n) is 14.9. The number of rotatable bonds is 2. The zero-order chi connectivity index (χ0) is 28.8. The zero-order valence-electron chi connectivity index (χ0n) is 24.3. The van der Waals surface area contributed by atoms with E-state index in [1.54, 1.807) is 0 Å². The molecule has 0 atom stereocenters. The van der Waals surface area contributed by atoms with Crippen LogP contribution in [-0.4, -0.2) is 11.3 Å². The summed E-state index contributed by atoms with van der Waals surface area (Å²) in [6.45, 7) is 6.47. The van der Waals surface area contributed by atoms with Crippen molar-refractivity contribution in [1.29, 1.82) is 0 Å². The second kappa shape index (κ2) is 8.89. The number of aryl methyl sites for hydroxylation is 3. The summed E-state index contributed by atoms with van der Waals surface area (Å²) in [6.07, 6.45) is 0. The molecule has 0 fully saturated rings. The van der Waals surface area contributed by atoms with E-state index in [4.69, 9.17) is 9.47 Å². The van der Waals surface area contributed by atoms with Crippen LogP contribution in [0.2, 0.25) is 0 Å². The van der Waals surface area contributed by atoms with E-state index in [0.29, 0.717) is 0 Å². The highest BCUT2D eigenvalue weighted by Gasteiger charge is 2.41. The van der Waals surface area contributed by atoms with Crippen LogP contribution in [0, 0.1) is 20.8 Å². The van der Waals surface area contributed by atoms with Crippen molar-refractivity contribution in [2.24, 2.45) is 0 Å². The monoisotopic (exact) mass is 553 g/mol. The molecular formula is C39H28BNO2. The molecule has 4 heteroatoms. The summed E-state index contributed by atoms with van der Waals surface area (Å²) in [5.74, 6) is 3.63. The lowest BCUT2D eigenvalue weighted by molar-refractivity contribution is 0.461. The van der Waals surface area contributed by atoms with E-state index in [9.17, 15) is 0 Å². The maximum atomic E-state index is 6.76. The van der Waals surface area contributed by atoms with E-state index in [1.807, 2.05) is 0 Å². The predicted molar refractivity (Wildman–Crippen MR) is 178 cm³/mol. The Bertz CT molecular complexity index is 2220. The summed E-state index contributed by atoms with van der Waals surface area (Å²) in [7, 11) is 0. The normalized spacial score (nSPS) is 12.9. The number of benzene rings is 6. The van der Waals surface area contributed by atoms with Gasteiger partial charge in [0.15, 0.2) is 0 Å². The van der Waals surface area contributed by atoms with Crippen LogP contribution in [0.3, 0.4) is 0 Å². The highest BCUT2D eigenvalue weighted by atomic mass is 16.5. The molecule has 9 rings (SSSR count). The molecule has 0 spiro atoms. The minimum atomic E-state index is 0.0605. The first kappa shape index (κ1) is 24.4. The summed E-state index contributed by atoms with van der Waals surface area (Å²) in [4.78, 5) is 0. The number of nitrogens with zero attached hydrogens (tertiary/aromatic N) is 1. The molecule has 7 aromatic rings. The Kier molecular flexibility index (Phi) is 5.04. The van der Waals surface area contributed by atoms with Gasteiger partial charge in [0.05, 0.1) is 11.0 Å². The van der Waals surface area contributed by atoms with Crippen molar-refractivity contribution in [2.75, 3.05) is 0 Å². The van der Waals surface area contributed by atoms with Crippen LogP contribution < -0.4 is 25.9 Å². The Labute approximate surface area is 251 Å².